The Balaban J connectivity index is 0.000000188. The summed E-state index contributed by atoms with van der Waals surface area (Å²) in [7, 11) is 3.18. The molecular formula is C42H36FN5O5. The molecule has 5 aromatic carbocycles. The van der Waals surface area contributed by atoms with Crippen molar-refractivity contribution < 1.29 is 28.6 Å². The lowest BCUT2D eigenvalue weighted by atomic mass is 10.1. The molecule has 0 aliphatic carbocycles. The van der Waals surface area contributed by atoms with Crippen LogP contribution in [-0.2, 0) is 0 Å². The van der Waals surface area contributed by atoms with Crippen molar-refractivity contribution in [2.24, 2.45) is 0 Å². The molecule has 2 aromatic heterocycles. The molecule has 0 fully saturated rings. The Kier molecular flexibility index (Phi) is 10.7. The fourth-order valence-electron chi connectivity index (χ4n) is 5.54. The van der Waals surface area contributed by atoms with Crippen LogP contribution in [0.4, 0.5) is 10.1 Å². The van der Waals surface area contributed by atoms with Gasteiger partial charge in [-0.05, 0) is 86.6 Å². The van der Waals surface area contributed by atoms with Crippen LogP contribution >= 0.6 is 0 Å². The van der Waals surface area contributed by atoms with E-state index in [4.69, 9.17) is 9.47 Å². The van der Waals surface area contributed by atoms with Crippen molar-refractivity contribution >= 4 is 17.6 Å². The van der Waals surface area contributed by atoms with E-state index in [2.05, 4.69) is 15.3 Å². The van der Waals surface area contributed by atoms with Crippen LogP contribution < -0.4 is 14.8 Å². The summed E-state index contributed by atoms with van der Waals surface area (Å²) in [4.78, 5) is 33.0. The number of ether oxygens (including phenoxy) is 2. The third-order valence-corrected chi connectivity index (χ3v) is 8.29. The summed E-state index contributed by atoms with van der Waals surface area (Å²) in [6.45, 7) is 4.02. The number of nitrogens with zero attached hydrogens (tertiary/aromatic N) is 4. The van der Waals surface area contributed by atoms with Gasteiger partial charge >= 0.3 is 5.97 Å². The minimum absolute atomic E-state index is 0.00789. The van der Waals surface area contributed by atoms with Gasteiger partial charge in [0.2, 0.25) is 0 Å². The molecule has 7 rings (SSSR count). The van der Waals surface area contributed by atoms with E-state index in [0.29, 0.717) is 28.8 Å². The number of amides is 1. The topological polar surface area (TPSA) is 120 Å². The lowest BCUT2D eigenvalue weighted by molar-refractivity contribution is 0.0691. The SMILES string of the molecule is COc1ccccc1-c1nc(C(=O)Nc2ccc(F)cc2)cn1-c1ccc(C)cc1.COc1ccccc1-c1nc(C(=O)O)cn1-c1ccc(C)cc1. The fraction of sp³-hybridized carbons (Fsp3) is 0.0952. The number of benzene rings is 5. The van der Waals surface area contributed by atoms with E-state index < -0.39 is 5.97 Å². The van der Waals surface area contributed by atoms with Gasteiger partial charge in [-0.1, -0.05) is 59.7 Å². The summed E-state index contributed by atoms with van der Waals surface area (Å²) >= 11 is 0. The second-order valence-corrected chi connectivity index (χ2v) is 12.0. The average Bonchev–Trinajstić information content (AvgIpc) is 3.83. The van der Waals surface area contributed by atoms with Crippen LogP contribution in [0.2, 0.25) is 0 Å². The number of carboxylic acids is 1. The number of carboxylic acid groups (broad SMARTS) is 1. The average molecular weight is 710 g/mol. The molecule has 0 unspecified atom stereocenters. The Morgan fingerprint density at radius 1 is 0.623 bits per heavy atom. The van der Waals surface area contributed by atoms with Gasteiger partial charge in [-0.3, -0.25) is 13.9 Å². The molecule has 0 saturated heterocycles. The Morgan fingerprint density at radius 3 is 1.51 bits per heavy atom. The number of aromatic nitrogens is 4. The first-order valence-electron chi connectivity index (χ1n) is 16.5. The molecule has 266 valence electrons. The van der Waals surface area contributed by atoms with E-state index in [1.54, 1.807) is 25.0 Å². The first-order valence-corrected chi connectivity index (χ1v) is 16.5. The normalized spacial score (nSPS) is 10.6. The quantitative estimate of drug-likeness (QED) is 0.154. The zero-order valence-electron chi connectivity index (χ0n) is 29.4. The number of imidazole rings is 2. The number of halogens is 1. The number of nitrogens with one attached hydrogen (secondary N) is 1. The minimum atomic E-state index is -1.06. The molecule has 0 spiro atoms. The van der Waals surface area contributed by atoms with E-state index in [1.807, 2.05) is 115 Å². The van der Waals surface area contributed by atoms with Crippen LogP contribution in [0, 0.1) is 19.7 Å². The summed E-state index contributed by atoms with van der Waals surface area (Å²) < 4.78 is 27.6. The minimum Gasteiger partial charge on any atom is -0.496 e. The number of aromatic carboxylic acids is 1. The van der Waals surface area contributed by atoms with Gasteiger partial charge in [0.05, 0.1) is 25.3 Å². The molecule has 2 heterocycles. The van der Waals surface area contributed by atoms with Crippen LogP contribution in [0.25, 0.3) is 34.2 Å². The number of hydrogen-bond acceptors (Lipinski definition) is 6. The summed E-state index contributed by atoms with van der Waals surface area (Å²) in [5.41, 5.74) is 6.20. The van der Waals surface area contributed by atoms with Gasteiger partial charge in [-0.15, -0.1) is 0 Å². The van der Waals surface area contributed by atoms with Crippen molar-refractivity contribution in [3.63, 3.8) is 0 Å². The molecule has 1 amide bonds. The number of para-hydroxylation sites is 2. The molecule has 0 saturated carbocycles. The number of aryl methyl sites for hydroxylation is 2. The second-order valence-electron chi connectivity index (χ2n) is 12.0. The molecule has 53 heavy (non-hydrogen) atoms. The Labute approximate surface area is 305 Å². The Bertz CT molecular complexity index is 2370. The standard InChI is InChI=1S/C24H20FN3O2.C18H16N2O3/c1-16-7-13-19(14-8-16)28-15-21(24(29)26-18-11-9-17(25)10-12-18)27-23(28)20-5-3-4-6-22(20)30-2;1-12-7-9-13(10-8-12)20-11-15(18(21)22)19-17(20)14-5-3-4-6-16(14)23-2/h3-15H,1-2H3,(H,26,29);3-11H,1-2H3,(H,21,22). The highest BCUT2D eigenvalue weighted by molar-refractivity contribution is 6.03. The van der Waals surface area contributed by atoms with Gasteiger partial charge in [0.1, 0.15) is 34.7 Å². The largest absolute Gasteiger partial charge is 0.496 e. The predicted octanol–water partition coefficient (Wildman–Crippen LogP) is 8.80. The molecule has 2 N–H and O–H groups in total. The molecule has 0 aliphatic rings. The van der Waals surface area contributed by atoms with E-state index >= 15 is 0 Å². The zero-order valence-corrected chi connectivity index (χ0v) is 29.4. The lowest BCUT2D eigenvalue weighted by Crippen LogP contribution is -2.12. The number of anilines is 1. The van der Waals surface area contributed by atoms with Crippen molar-refractivity contribution in [2.45, 2.75) is 13.8 Å². The first kappa shape index (κ1) is 35.8. The number of rotatable bonds is 9. The number of hydrogen-bond donors (Lipinski definition) is 2. The van der Waals surface area contributed by atoms with E-state index in [9.17, 15) is 19.1 Å². The van der Waals surface area contributed by atoms with E-state index in [-0.39, 0.29) is 23.1 Å². The van der Waals surface area contributed by atoms with Crippen LogP contribution in [0.5, 0.6) is 11.5 Å². The highest BCUT2D eigenvalue weighted by atomic mass is 19.1. The van der Waals surface area contributed by atoms with Crippen molar-refractivity contribution in [1.29, 1.82) is 0 Å². The van der Waals surface area contributed by atoms with Gasteiger partial charge in [-0.2, -0.15) is 0 Å². The highest BCUT2D eigenvalue weighted by Gasteiger charge is 2.20. The summed E-state index contributed by atoms with van der Waals surface area (Å²) in [5.74, 6) is 0.598. The van der Waals surface area contributed by atoms with Crippen molar-refractivity contribution in [3.8, 4) is 45.6 Å². The highest BCUT2D eigenvalue weighted by Crippen LogP contribution is 2.32. The Hall–Kier alpha value is -7.01. The Morgan fingerprint density at radius 2 is 1.06 bits per heavy atom. The molecular weight excluding hydrogens is 673 g/mol. The van der Waals surface area contributed by atoms with E-state index in [1.165, 1.54) is 30.5 Å². The molecule has 0 bridgehead atoms. The summed E-state index contributed by atoms with van der Waals surface area (Å²) in [6.07, 6.45) is 3.21. The third kappa shape index (κ3) is 8.15. The lowest BCUT2D eigenvalue weighted by Gasteiger charge is -2.11. The van der Waals surface area contributed by atoms with Crippen molar-refractivity contribution in [1.82, 2.24) is 19.1 Å². The molecule has 7 aromatic rings. The zero-order chi connectivity index (χ0) is 37.5. The molecule has 11 heteroatoms. The molecule has 0 aliphatic heterocycles. The summed E-state index contributed by atoms with van der Waals surface area (Å²) in [5, 5.41) is 12.0. The number of carbonyl (C=O) groups is 2. The van der Waals surface area contributed by atoms with Crippen LogP contribution in [-0.4, -0.2) is 50.3 Å². The number of carbonyl (C=O) groups excluding carboxylic acids is 1. The monoisotopic (exact) mass is 709 g/mol. The maximum absolute atomic E-state index is 13.1. The van der Waals surface area contributed by atoms with Crippen LogP contribution in [0.15, 0.2) is 134 Å². The smallest absolute Gasteiger partial charge is 0.356 e. The van der Waals surface area contributed by atoms with Crippen LogP contribution in [0.1, 0.15) is 32.1 Å². The van der Waals surface area contributed by atoms with Gasteiger partial charge in [0.15, 0.2) is 5.69 Å². The molecule has 0 atom stereocenters. The second kappa shape index (κ2) is 15.9. The number of methoxy groups -OCH3 is 2. The fourth-order valence-corrected chi connectivity index (χ4v) is 5.54. The van der Waals surface area contributed by atoms with Gasteiger partial charge in [0.25, 0.3) is 5.91 Å². The van der Waals surface area contributed by atoms with Gasteiger partial charge < -0.3 is 19.9 Å². The molecule has 10 nitrogen and oxygen atoms in total. The maximum atomic E-state index is 13.1. The first-order chi connectivity index (χ1) is 25.6. The third-order valence-electron chi connectivity index (χ3n) is 8.29. The van der Waals surface area contributed by atoms with Gasteiger partial charge in [-0.25, -0.2) is 19.2 Å². The maximum Gasteiger partial charge on any atom is 0.356 e. The van der Waals surface area contributed by atoms with Crippen molar-refractivity contribution in [2.75, 3.05) is 19.5 Å². The predicted molar refractivity (Wildman–Crippen MR) is 202 cm³/mol. The van der Waals surface area contributed by atoms with Crippen LogP contribution in [0.3, 0.4) is 0 Å². The van der Waals surface area contributed by atoms with E-state index in [0.717, 1.165) is 33.6 Å². The van der Waals surface area contributed by atoms with Crippen molar-refractivity contribution in [3.05, 3.63) is 162 Å². The molecule has 0 radical (unpaired) electrons. The van der Waals surface area contributed by atoms with Gasteiger partial charge in [0, 0.05) is 29.5 Å². The summed E-state index contributed by atoms with van der Waals surface area (Å²) in [6, 6.07) is 36.3.